The van der Waals surface area contributed by atoms with Crippen LogP contribution in [0.3, 0.4) is 0 Å². The molecule has 0 aliphatic carbocycles. The van der Waals surface area contributed by atoms with Gasteiger partial charge in [-0.15, -0.1) is 11.3 Å². The maximum absolute atomic E-state index is 10.6. The van der Waals surface area contributed by atoms with Gasteiger partial charge in [0.2, 0.25) is 0 Å². The van der Waals surface area contributed by atoms with Gasteiger partial charge in [0, 0.05) is 17.6 Å². The van der Waals surface area contributed by atoms with Crippen LogP contribution in [-0.4, -0.2) is 10.9 Å². The molecule has 1 nitrogen and oxygen atoms in total. The zero-order valence-corrected chi connectivity index (χ0v) is 9.37. The molecule has 0 amide bonds. The predicted molar refractivity (Wildman–Crippen MR) is 61.2 cm³/mol. The minimum atomic E-state index is 0.172. The van der Waals surface area contributed by atoms with Crippen molar-refractivity contribution >= 4 is 34.3 Å². The fraction of sp³-hybridized carbons (Fsp3) is 0.300. The van der Waals surface area contributed by atoms with Crippen LogP contribution in [0.5, 0.6) is 0 Å². The third-order valence-corrected chi connectivity index (χ3v) is 3.09. The third-order valence-electron chi connectivity index (χ3n) is 1.44. The van der Waals surface area contributed by atoms with Crippen LogP contribution < -0.4 is 0 Å². The molecule has 0 saturated heterocycles. The van der Waals surface area contributed by atoms with E-state index in [9.17, 15) is 4.79 Å². The highest BCUT2D eigenvalue weighted by Gasteiger charge is 1.91. The number of carbonyl (C=O) groups excluding carboxylic acids is 1. The molecule has 1 rings (SSSR count). The van der Waals surface area contributed by atoms with Crippen LogP contribution in [0.25, 0.3) is 6.08 Å². The topological polar surface area (TPSA) is 17.1 Å². The summed E-state index contributed by atoms with van der Waals surface area (Å²) < 4.78 is 0. The van der Waals surface area contributed by atoms with Gasteiger partial charge in [0.15, 0.2) is 5.12 Å². The quantitative estimate of drug-likeness (QED) is 0.764. The Balaban J connectivity index is 2.36. The van der Waals surface area contributed by atoms with Gasteiger partial charge >= 0.3 is 0 Å². The van der Waals surface area contributed by atoms with Crippen LogP contribution in [0.2, 0.25) is 0 Å². The van der Waals surface area contributed by atoms with Crippen LogP contribution in [0.15, 0.2) is 17.5 Å². The molecule has 0 bridgehead atoms. The highest BCUT2D eigenvalue weighted by atomic mass is 32.2. The summed E-state index contributed by atoms with van der Waals surface area (Å²) in [4.78, 5) is 11.9. The van der Waals surface area contributed by atoms with Crippen molar-refractivity contribution < 1.29 is 4.79 Å². The van der Waals surface area contributed by atoms with Crippen molar-refractivity contribution in [1.29, 1.82) is 0 Å². The molecule has 3 heteroatoms. The molecule has 1 aromatic rings. The molecule has 0 N–H and O–H groups in total. The van der Waals surface area contributed by atoms with E-state index in [1.54, 1.807) is 18.3 Å². The Bertz CT molecular complexity index is 312. The molecule has 0 saturated carbocycles. The molecule has 0 aliphatic rings. The van der Waals surface area contributed by atoms with E-state index in [1.165, 1.54) is 22.2 Å². The molecule has 70 valence electrons. The Morgan fingerprint density at radius 3 is 3.00 bits per heavy atom. The number of hydrogen-bond acceptors (Lipinski definition) is 3. The lowest BCUT2D eigenvalue weighted by Gasteiger charge is -1.87. The maximum atomic E-state index is 10.6. The smallest absolute Gasteiger partial charge is 0.186 e. The summed E-state index contributed by atoms with van der Waals surface area (Å²) in [6.07, 6.45) is 4.08. The fourth-order valence-electron chi connectivity index (χ4n) is 0.901. The van der Waals surface area contributed by atoms with Crippen LogP contribution in [0, 0.1) is 6.92 Å². The summed E-state index contributed by atoms with van der Waals surface area (Å²) in [6.45, 7) is 3.68. The summed E-state index contributed by atoms with van der Waals surface area (Å²) in [6, 6.07) is 2.14. The average molecular weight is 212 g/mol. The molecule has 1 heterocycles. The first-order valence-corrected chi connectivity index (χ1v) is 5.90. The number of thioether (sulfide) groups is 1. The lowest BCUT2D eigenvalue weighted by molar-refractivity contribution is -0.109. The van der Waals surface area contributed by atoms with Crippen molar-refractivity contribution in [3.63, 3.8) is 0 Å². The first kappa shape index (κ1) is 10.5. The van der Waals surface area contributed by atoms with Crippen molar-refractivity contribution in [2.24, 2.45) is 0 Å². The zero-order valence-electron chi connectivity index (χ0n) is 7.74. The normalized spacial score (nSPS) is 10.9. The Labute approximate surface area is 86.9 Å². The van der Waals surface area contributed by atoms with Gasteiger partial charge in [0.1, 0.15) is 0 Å². The van der Waals surface area contributed by atoms with E-state index in [2.05, 4.69) is 24.4 Å². The van der Waals surface area contributed by atoms with E-state index in [4.69, 9.17) is 0 Å². The second-order valence-electron chi connectivity index (χ2n) is 2.70. The van der Waals surface area contributed by atoms with Crippen LogP contribution in [0.4, 0.5) is 0 Å². The number of aryl methyl sites for hydroxylation is 1. The monoisotopic (exact) mass is 212 g/mol. The standard InChI is InChI=1S/C10H12OS2/c1-8-6-10(7-13-8)4-3-5-12-9(2)11/h3-4,6-7H,5H2,1-2H3. The first-order chi connectivity index (χ1) is 6.18. The fourth-order valence-corrected chi connectivity index (χ4v) is 2.00. The zero-order chi connectivity index (χ0) is 9.68. The second kappa shape index (κ2) is 5.25. The molecular weight excluding hydrogens is 200 g/mol. The Hall–Kier alpha value is -0.540. The number of thiophene rings is 1. The average Bonchev–Trinajstić information content (AvgIpc) is 2.45. The van der Waals surface area contributed by atoms with E-state index in [-0.39, 0.29) is 5.12 Å². The molecule has 0 fully saturated rings. The summed E-state index contributed by atoms with van der Waals surface area (Å²) in [7, 11) is 0. The Kier molecular flexibility index (Phi) is 4.25. The number of carbonyl (C=O) groups is 1. The van der Waals surface area contributed by atoms with Gasteiger partial charge in [-0.3, -0.25) is 4.79 Å². The van der Waals surface area contributed by atoms with Crippen molar-refractivity contribution in [2.45, 2.75) is 13.8 Å². The van der Waals surface area contributed by atoms with Crippen molar-refractivity contribution in [2.75, 3.05) is 5.75 Å². The first-order valence-electron chi connectivity index (χ1n) is 4.03. The molecule has 0 spiro atoms. The molecule has 0 radical (unpaired) electrons. The van der Waals surface area contributed by atoms with E-state index in [0.29, 0.717) is 0 Å². The van der Waals surface area contributed by atoms with Gasteiger partial charge in [0.05, 0.1) is 0 Å². The molecule has 13 heavy (non-hydrogen) atoms. The summed E-state index contributed by atoms with van der Waals surface area (Å²) in [5, 5.41) is 2.29. The van der Waals surface area contributed by atoms with E-state index in [0.717, 1.165) is 5.75 Å². The van der Waals surface area contributed by atoms with Crippen molar-refractivity contribution in [1.82, 2.24) is 0 Å². The van der Waals surface area contributed by atoms with Gasteiger partial charge in [-0.05, 0) is 23.9 Å². The van der Waals surface area contributed by atoms with Gasteiger partial charge in [-0.1, -0.05) is 23.9 Å². The highest BCUT2D eigenvalue weighted by Crippen LogP contribution is 2.14. The predicted octanol–water partition coefficient (Wildman–Crippen LogP) is 3.35. The Morgan fingerprint density at radius 2 is 2.46 bits per heavy atom. The largest absolute Gasteiger partial charge is 0.288 e. The van der Waals surface area contributed by atoms with Crippen LogP contribution >= 0.6 is 23.1 Å². The minimum absolute atomic E-state index is 0.172. The summed E-state index contributed by atoms with van der Waals surface area (Å²) in [5.74, 6) is 0.768. The Morgan fingerprint density at radius 1 is 1.69 bits per heavy atom. The summed E-state index contributed by atoms with van der Waals surface area (Å²) >= 11 is 3.08. The molecule has 0 atom stereocenters. The van der Waals surface area contributed by atoms with Crippen LogP contribution in [0.1, 0.15) is 17.4 Å². The highest BCUT2D eigenvalue weighted by molar-refractivity contribution is 8.13. The summed E-state index contributed by atoms with van der Waals surface area (Å²) in [5.41, 5.74) is 1.23. The number of hydrogen-bond donors (Lipinski definition) is 0. The van der Waals surface area contributed by atoms with Crippen LogP contribution in [-0.2, 0) is 4.79 Å². The van der Waals surface area contributed by atoms with Gasteiger partial charge < -0.3 is 0 Å². The SMILES string of the molecule is CC(=O)SCC=Cc1csc(C)c1. The van der Waals surface area contributed by atoms with E-state index < -0.39 is 0 Å². The van der Waals surface area contributed by atoms with Gasteiger partial charge in [-0.2, -0.15) is 0 Å². The lowest BCUT2D eigenvalue weighted by Crippen LogP contribution is -1.80. The van der Waals surface area contributed by atoms with E-state index in [1.807, 2.05) is 6.08 Å². The molecule has 0 aliphatic heterocycles. The second-order valence-corrected chi connectivity index (χ2v) is 5.01. The van der Waals surface area contributed by atoms with E-state index >= 15 is 0 Å². The molecule has 1 aromatic heterocycles. The molecule has 0 unspecified atom stereocenters. The number of rotatable bonds is 3. The van der Waals surface area contributed by atoms with Crippen molar-refractivity contribution in [3.05, 3.63) is 28.0 Å². The molecule has 0 aromatic carbocycles. The van der Waals surface area contributed by atoms with Gasteiger partial charge in [0.25, 0.3) is 0 Å². The third kappa shape index (κ3) is 4.29. The minimum Gasteiger partial charge on any atom is -0.288 e. The maximum Gasteiger partial charge on any atom is 0.186 e. The lowest BCUT2D eigenvalue weighted by atomic mass is 10.3. The van der Waals surface area contributed by atoms with Gasteiger partial charge in [-0.25, -0.2) is 0 Å². The molecular formula is C10H12OS2. The van der Waals surface area contributed by atoms with Crippen molar-refractivity contribution in [3.8, 4) is 0 Å².